The van der Waals surface area contributed by atoms with Crippen LogP contribution in [0.4, 0.5) is 0 Å². The summed E-state index contributed by atoms with van der Waals surface area (Å²) in [6, 6.07) is 3.85. The van der Waals surface area contributed by atoms with Crippen LogP contribution in [0.5, 0.6) is 5.75 Å². The second-order valence-corrected chi connectivity index (χ2v) is 10.9. The Balaban J connectivity index is 1.49. The number of nitrogens with one attached hydrogen (secondary N) is 1. The summed E-state index contributed by atoms with van der Waals surface area (Å²) in [5.74, 6) is 2.65. The molecule has 5 heteroatoms. The highest BCUT2D eigenvalue weighted by Crippen LogP contribution is 2.56. The van der Waals surface area contributed by atoms with Gasteiger partial charge in [-0.05, 0) is 105 Å². The molecule has 0 radical (unpaired) electrons. The molecule has 0 spiro atoms. The van der Waals surface area contributed by atoms with Crippen LogP contribution in [0.25, 0.3) is 0 Å². The fourth-order valence-electron chi connectivity index (χ4n) is 6.69. The van der Waals surface area contributed by atoms with E-state index in [4.69, 9.17) is 4.74 Å². The highest BCUT2D eigenvalue weighted by molar-refractivity contribution is 7.89. The zero-order chi connectivity index (χ0) is 17.9. The third-order valence-corrected chi connectivity index (χ3v) is 8.91. The van der Waals surface area contributed by atoms with E-state index < -0.39 is 10.0 Å². The Labute approximate surface area is 156 Å². The number of fused-ring (bicyclic) bond motifs is 1. The number of aryl methyl sites for hydroxylation is 2. The number of benzene rings is 1. The highest BCUT2D eigenvalue weighted by Gasteiger charge is 2.52. The van der Waals surface area contributed by atoms with Crippen molar-refractivity contribution in [3.8, 4) is 5.75 Å². The highest BCUT2D eigenvalue weighted by atomic mass is 32.2. The molecule has 0 aromatic heterocycles. The number of sulfonamides is 1. The van der Waals surface area contributed by atoms with Gasteiger partial charge in [-0.2, -0.15) is 0 Å². The lowest BCUT2D eigenvalue weighted by molar-refractivity contribution is -0.00811. The van der Waals surface area contributed by atoms with Crippen LogP contribution in [0.15, 0.2) is 17.0 Å². The van der Waals surface area contributed by atoms with E-state index in [9.17, 15) is 8.42 Å². The van der Waals surface area contributed by atoms with Gasteiger partial charge in [-0.15, -0.1) is 0 Å². The summed E-state index contributed by atoms with van der Waals surface area (Å²) >= 11 is 0. The Morgan fingerprint density at radius 2 is 1.50 bits per heavy atom. The molecule has 0 unspecified atom stereocenters. The maximum Gasteiger partial charge on any atom is 0.244 e. The summed E-state index contributed by atoms with van der Waals surface area (Å²) in [5.41, 5.74) is 2.22. The molecule has 26 heavy (non-hydrogen) atoms. The van der Waals surface area contributed by atoms with Crippen LogP contribution in [-0.4, -0.2) is 21.1 Å². The molecule has 0 aliphatic heterocycles. The van der Waals surface area contributed by atoms with Crippen molar-refractivity contribution in [3.05, 3.63) is 23.3 Å². The molecule has 0 amide bonds. The number of hydrogen-bond donors (Lipinski definition) is 1. The number of hydrogen-bond acceptors (Lipinski definition) is 3. The van der Waals surface area contributed by atoms with E-state index in [1.807, 2.05) is 12.1 Å². The second kappa shape index (κ2) is 5.96. The predicted molar refractivity (Wildman–Crippen MR) is 101 cm³/mol. The third-order valence-electron chi connectivity index (χ3n) is 7.31. The van der Waals surface area contributed by atoms with E-state index in [0.29, 0.717) is 10.6 Å². The molecule has 4 fully saturated rings. The van der Waals surface area contributed by atoms with Crippen molar-refractivity contribution in [3.63, 3.8) is 0 Å². The molecule has 0 atom stereocenters. The molecule has 5 aliphatic carbocycles. The molecule has 0 saturated heterocycles. The first-order valence-electron chi connectivity index (χ1n) is 10.2. The number of methoxy groups -OCH3 is 1. The number of ether oxygens (including phenoxy) is 1. The molecule has 142 valence electrons. The van der Waals surface area contributed by atoms with Gasteiger partial charge < -0.3 is 4.74 Å². The third kappa shape index (κ3) is 2.78. The summed E-state index contributed by atoms with van der Waals surface area (Å²) in [6.07, 6.45) is 11.3. The van der Waals surface area contributed by atoms with Gasteiger partial charge >= 0.3 is 0 Å². The van der Waals surface area contributed by atoms with E-state index >= 15 is 0 Å². The van der Waals surface area contributed by atoms with Crippen LogP contribution in [-0.2, 0) is 22.9 Å². The van der Waals surface area contributed by atoms with Gasteiger partial charge in [-0.1, -0.05) is 0 Å². The van der Waals surface area contributed by atoms with Gasteiger partial charge in [0.15, 0.2) is 0 Å². The molecule has 5 aliphatic rings. The Bertz CT molecular complexity index is 795. The Morgan fingerprint density at radius 1 is 0.962 bits per heavy atom. The molecule has 0 heterocycles. The lowest BCUT2D eigenvalue weighted by Crippen LogP contribution is -2.59. The van der Waals surface area contributed by atoms with E-state index in [1.54, 1.807) is 7.11 Å². The number of rotatable bonds is 4. The normalized spacial score (nSPS) is 35.3. The van der Waals surface area contributed by atoms with Gasteiger partial charge in [0.25, 0.3) is 0 Å². The minimum absolute atomic E-state index is 0.214. The predicted octanol–water partition coefficient (Wildman–Crippen LogP) is 3.82. The van der Waals surface area contributed by atoms with Crippen LogP contribution in [0.2, 0.25) is 0 Å². The standard InChI is InChI=1S/C21H29NO3S/c1-25-19-9-17-4-2-3-5-18(17)10-20(19)26(23,24)22-21-11-14-6-15(12-21)8-16(7-14)13-21/h9-10,14-16,22H,2-8,11-13H2,1H3. The zero-order valence-corrected chi connectivity index (χ0v) is 16.4. The molecule has 4 bridgehead atoms. The molecule has 6 rings (SSSR count). The monoisotopic (exact) mass is 375 g/mol. The Morgan fingerprint density at radius 3 is 2.04 bits per heavy atom. The van der Waals surface area contributed by atoms with Crippen LogP contribution < -0.4 is 9.46 Å². The molecular weight excluding hydrogens is 346 g/mol. The molecule has 4 saturated carbocycles. The van der Waals surface area contributed by atoms with Crippen LogP contribution in [0.1, 0.15) is 62.5 Å². The average molecular weight is 376 g/mol. The van der Waals surface area contributed by atoms with Crippen molar-refractivity contribution in [2.75, 3.05) is 7.11 Å². The summed E-state index contributed by atoms with van der Waals surface area (Å²) in [4.78, 5) is 0.344. The van der Waals surface area contributed by atoms with Gasteiger partial charge in [0.05, 0.1) is 7.11 Å². The fraction of sp³-hybridized carbons (Fsp3) is 0.714. The van der Waals surface area contributed by atoms with Crippen molar-refractivity contribution < 1.29 is 13.2 Å². The van der Waals surface area contributed by atoms with Gasteiger partial charge in [0.2, 0.25) is 10.0 Å². The van der Waals surface area contributed by atoms with Crippen molar-refractivity contribution in [2.24, 2.45) is 17.8 Å². The molecule has 1 N–H and O–H groups in total. The van der Waals surface area contributed by atoms with E-state index in [-0.39, 0.29) is 5.54 Å². The maximum absolute atomic E-state index is 13.4. The van der Waals surface area contributed by atoms with Crippen molar-refractivity contribution >= 4 is 10.0 Å². The molecule has 1 aromatic rings. The van der Waals surface area contributed by atoms with Crippen LogP contribution >= 0.6 is 0 Å². The lowest BCUT2D eigenvalue weighted by atomic mass is 9.53. The maximum atomic E-state index is 13.4. The topological polar surface area (TPSA) is 55.4 Å². The largest absolute Gasteiger partial charge is 0.495 e. The van der Waals surface area contributed by atoms with Crippen molar-refractivity contribution in [2.45, 2.75) is 74.6 Å². The first-order valence-corrected chi connectivity index (χ1v) is 11.7. The van der Waals surface area contributed by atoms with Crippen LogP contribution in [0, 0.1) is 17.8 Å². The molecular formula is C21H29NO3S. The van der Waals surface area contributed by atoms with Crippen molar-refractivity contribution in [1.82, 2.24) is 4.72 Å². The van der Waals surface area contributed by atoms with Gasteiger partial charge in [-0.3, -0.25) is 0 Å². The minimum atomic E-state index is -3.57. The smallest absolute Gasteiger partial charge is 0.244 e. The average Bonchev–Trinajstić information content (AvgIpc) is 2.58. The summed E-state index contributed by atoms with van der Waals surface area (Å²) < 4.78 is 35.5. The summed E-state index contributed by atoms with van der Waals surface area (Å²) in [6.45, 7) is 0. The lowest BCUT2D eigenvalue weighted by Gasteiger charge is -2.56. The Kier molecular flexibility index (Phi) is 3.91. The van der Waals surface area contributed by atoms with Gasteiger partial charge in [0.1, 0.15) is 10.6 Å². The van der Waals surface area contributed by atoms with Crippen LogP contribution in [0.3, 0.4) is 0 Å². The SMILES string of the molecule is COc1cc2c(cc1S(=O)(=O)NC13CC4CC(CC(C4)C1)C3)CCCC2. The molecule has 1 aromatic carbocycles. The van der Waals surface area contributed by atoms with E-state index in [2.05, 4.69) is 4.72 Å². The molecule has 4 nitrogen and oxygen atoms in total. The van der Waals surface area contributed by atoms with E-state index in [0.717, 1.165) is 56.3 Å². The van der Waals surface area contributed by atoms with E-state index in [1.165, 1.54) is 36.8 Å². The van der Waals surface area contributed by atoms with Gasteiger partial charge in [0, 0.05) is 5.54 Å². The quantitative estimate of drug-likeness (QED) is 0.870. The first-order chi connectivity index (χ1) is 12.5. The first kappa shape index (κ1) is 17.1. The minimum Gasteiger partial charge on any atom is -0.495 e. The Hall–Kier alpha value is -1.07. The second-order valence-electron chi connectivity index (χ2n) is 9.28. The van der Waals surface area contributed by atoms with Gasteiger partial charge in [-0.25, -0.2) is 13.1 Å². The summed E-state index contributed by atoms with van der Waals surface area (Å²) in [5, 5.41) is 0. The zero-order valence-electron chi connectivity index (χ0n) is 15.6. The fourth-order valence-corrected chi connectivity index (χ4v) is 8.32. The summed E-state index contributed by atoms with van der Waals surface area (Å²) in [7, 11) is -2.00. The van der Waals surface area contributed by atoms with Crippen molar-refractivity contribution in [1.29, 1.82) is 0 Å².